The van der Waals surface area contributed by atoms with Crippen LogP contribution in [0.25, 0.3) is 0 Å². The Bertz CT molecular complexity index is 318. The van der Waals surface area contributed by atoms with E-state index >= 15 is 0 Å². The van der Waals surface area contributed by atoms with Crippen LogP contribution in [-0.2, 0) is 13.1 Å². The summed E-state index contributed by atoms with van der Waals surface area (Å²) in [6.45, 7) is 7.54. The van der Waals surface area contributed by atoms with Gasteiger partial charge in [0.2, 0.25) is 0 Å². The van der Waals surface area contributed by atoms with Crippen molar-refractivity contribution >= 4 is 12.4 Å². The zero-order chi connectivity index (χ0) is 10.7. The van der Waals surface area contributed by atoms with Crippen molar-refractivity contribution in [3.63, 3.8) is 0 Å². The monoisotopic (exact) mass is 243 g/mol. The number of aromatic nitrogens is 2. The maximum Gasteiger partial charge on any atom is 0.0534 e. The van der Waals surface area contributed by atoms with E-state index in [9.17, 15) is 0 Å². The summed E-state index contributed by atoms with van der Waals surface area (Å²) in [5.41, 5.74) is 1.86. The maximum atomic E-state index is 4.26. The lowest BCUT2D eigenvalue weighted by Crippen LogP contribution is -2.36. The Morgan fingerprint density at radius 1 is 1.50 bits per heavy atom. The highest BCUT2D eigenvalue weighted by atomic mass is 35.5. The molecule has 0 saturated heterocycles. The van der Waals surface area contributed by atoms with Crippen molar-refractivity contribution in [2.75, 3.05) is 6.54 Å². The van der Waals surface area contributed by atoms with Gasteiger partial charge in [-0.05, 0) is 25.2 Å². The molecule has 4 heteroatoms. The molecule has 0 amide bonds. The van der Waals surface area contributed by atoms with Crippen LogP contribution in [-0.4, -0.2) is 16.3 Å². The van der Waals surface area contributed by atoms with Crippen molar-refractivity contribution in [2.24, 2.45) is 5.41 Å². The minimum atomic E-state index is 0. The summed E-state index contributed by atoms with van der Waals surface area (Å²) in [4.78, 5) is 0. The SMILES string of the molecule is CCn1cc(CNCC2(C)CCC2)cn1.Cl. The van der Waals surface area contributed by atoms with Crippen molar-refractivity contribution < 1.29 is 0 Å². The molecule has 0 bridgehead atoms. The van der Waals surface area contributed by atoms with E-state index in [0.29, 0.717) is 5.41 Å². The Morgan fingerprint density at radius 3 is 2.75 bits per heavy atom. The van der Waals surface area contributed by atoms with Gasteiger partial charge in [-0.3, -0.25) is 4.68 Å². The van der Waals surface area contributed by atoms with E-state index in [2.05, 4.69) is 30.5 Å². The molecule has 1 aromatic heterocycles. The van der Waals surface area contributed by atoms with Crippen LogP contribution in [0.15, 0.2) is 12.4 Å². The van der Waals surface area contributed by atoms with Gasteiger partial charge in [0.25, 0.3) is 0 Å². The Labute approximate surface area is 104 Å². The average Bonchev–Trinajstić information content (AvgIpc) is 2.63. The van der Waals surface area contributed by atoms with Crippen LogP contribution < -0.4 is 5.32 Å². The molecule has 1 aliphatic carbocycles. The topological polar surface area (TPSA) is 29.9 Å². The summed E-state index contributed by atoms with van der Waals surface area (Å²) >= 11 is 0. The van der Waals surface area contributed by atoms with Gasteiger partial charge in [0.15, 0.2) is 0 Å². The van der Waals surface area contributed by atoms with E-state index in [1.807, 2.05) is 10.9 Å². The molecule has 1 heterocycles. The van der Waals surface area contributed by atoms with Crippen molar-refractivity contribution in [1.82, 2.24) is 15.1 Å². The summed E-state index contributed by atoms with van der Waals surface area (Å²) in [7, 11) is 0. The number of rotatable bonds is 5. The lowest BCUT2D eigenvalue weighted by molar-refractivity contribution is 0.156. The van der Waals surface area contributed by atoms with E-state index < -0.39 is 0 Å². The predicted octanol–water partition coefficient (Wildman–Crippen LogP) is 2.60. The van der Waals surface area contributed by atoms with E-state index in [-0.39, 0.29) is 12.4 Å². The molecule has 0 spiro atoms. The number of aryl methyl sites for hydroxylation is 1. The van der Waals surface area contributed by atoms with E-state index in [1.165, 1.54) is 24.8 Å². The smallest absolute Gasteiger partial charge is 0.0534 e. The average molecular weight is 244 g/mol. The van der Waals surface area contributed by atoms with Gasteiger partial charge in [0.05, 0.1) is 6.20 Å². The van der Waals surface area contributed by atoms with Gasteiger partial charge in [-0.15, -0.1) is 12.4 Å². The fourth-order valence-electron chi connectivity index (χ4n) is 2.14. The highest BCUT2D eigenvalue weighted by molar-refractivity contribution is 5.85. The van der Waals surface area contributed by atoms with Crippen molar-refractivity contribution in [1.29, 1.82) is 0 Å². The Morgan fingerprint density at radius 2 is 2.25 bits per heavy atom. The summed E-state index contributed by atoms with van der Waals surface area (Å²) in [6.07, 6.45) is 8.25. The number of nitrogens with zero attached hydrogens (tertiary/aromatic N) is 2. The van der Waals surface area contributed by atoms with E-state index in [1.54, 1.807) is 0 Å². The molecule has 0 unspecified atom stereocenters. The van der Waals surface area contributed by atoms with Gasteiger partial charge in [-0.25, -0.2) is 0 Å². The zero-order valence-corrected chi connectivity index (χ0v) is 11.0. The standard InChI is InChI=1S/C12H21N3.ClH/c1-3-15-9-11(8-14-15)7-13-10-12(2)5-4-6-12;/h8-9,13H,3-7,10H2,1-2H3;1H. The third-order valence-corrected chi connectivity index (χ3v) is 3.45. The van der Waals surface area contributed by atoms with Gasteiger partial charge in [0.1, 0.15) is 0 Å². The minimum Gasteiger partial charge on any atom is -0.312 e. The molecular weight excluding hydrogens is 222 g/mol. The number of hydrogen-bond donors (Lipinski definition) is 1. The van der Waals surface area contributed by atoms with Gasteiger partial charge in [0, 0.05) is 31.4 Å². The summed E-state index contributed by atoms with van der Waals surface area (Å²) < 4.78 is 1.97. The van der Waals surface area contributed by atoms with Crippen LogP contribution in [0.3, 0.4) is 0 Å². The first-order chi connectivity index (χ1) is 7.22. The van der Waals surface area contributed by atoms with Gasteiger partial charge in [-0.1, -0.05) is 13.3 Å². The second kappa shape index (κ2) is 5.69. The minimum absolute atomic E-state index is 0. The molecule has 1 saturated carbocycles. The first-order valence-electron chi connectivity index (χ1n) is 5.94. The highest BCUT2D eigenvalue weighted by Crippen LogP contribution is 2.39. The van der Waals surface area contributed by atoms with Crippen molar-refractivity contribution in [3.8, 4) is 0 Å². The quantitative estimate of drug-likeness (QED) is 0.862. The third kappa shape index (κ3) is 3.22. The van der Waals surface area contributed by atoms with Gasteiger partial charge < -0.3 is 5.32 Å². The molecule has 0 atom stereocenters. The molecule has 1 fully saturated rings. The molecule has 16 heavy (non-hydrogen) atoms. The van der Waals surface area contributed by atoms with Crippen LogP contribution in [0.1, 0.15) is 38.7 Å². The lowest BCUT2D eigenvalue weighted by Gasteiger charge is -2.38. The molecule has 2 rings (SSSR count). The molecule has 92 valence electrons. The fourth-order valence-corrected chi connectivity index (χ4v) is 2.14. The number of nitrogens with one attached hydrogen (secondary N) is 1. The molecule has 0 aromatic carbocycles. The van der Waals surface area contributed by atoms with E-state index in [0.717, 1.165) is 19.6 Å². The summed E-state index contributed by atoms with van der Waals surface area (Å²) in [5.74, 6) is 0. The van der Waals surface area contributed by atoms with Gasteiger partial charge >= 0.3 is 0 Å². The van der Waals surface area contributed by atoms with E-state index in [4.69, 9.17) is 0 Å². The van der Waals surface area contributed by atoms with Gasteiger partial charge in [-0.2, -0.15) is 5.10 Å². The maximum absolute atomic E-state index is 4.26. The third-order valence-electron chi connectivity index (χ3n) is 3.45. The molecule has 0 radical (unpaired) electrons. The van der Waals surface area contributed by atoms with Crippen LogP contribution in [0.5, 0.6) is 0 Å². The second-order valence-corrected chi connectivity index (χ2v) is 4.97. The summed E-state index contributed by atoms with van der Waals surface area (Å²) in [6, 6.07) is 0. The molecule has 1 N–H and O–H groups in total. The molecule has 1 aliphatic rings. The largest absolute Gasteiger partial charge is 0.312 e. The number of hydrogen-bond acceptors (Lipinski definition) is 2. The van der Waals surface area contributed by atoms with Crippen LogP contribution in [0, 0.1) is 5.41 Å². The number of halogens is 1. The summed E-state index contributed by atoms with van der Waals surface area (Å²) in [5, 5.41) is 7.79. The zero-order valence-electron chi connectivity index (χ0n) is 10.2. The predicted molar refractivity (Wildman–Crippen MR) is 68.8 cm³/mol. The molecule has 3 nitrogen and oxygen atoms in total. The van der Waals surface area contributed by atoms with Crippen LogP contribution in [0.4, 0.5) is 0 Å². The Balaban J connectivity index is 0.00000128. The lowest BCUT2D eigenvalue weighted by atomic mass is 9.70. The van der Waals surface area contributed by atoms with Crippen LogP contribution in [0.2, 0.25) is 0 Å². The second-order valence-electron chi connectivity index (χ2n) is 4.97. The van der Waals surface area contributed by atoms with Crippen LogP contribution >= 0.6 is 12.4 Å². The highest BCUT2D eigenvalue weighted by Gasteiger charge is 2.30. The first kappa shape index (κ1) is 13.5. The molecule has 0 aliphatic heterocycles. The molecular formula is C12H22ClN3. The Kier molecular flexibility index (Phi) is 4.81. The first-order valence-corrected chi connectivity index (χ1v) is 5.94. The molecule has 1 aromatic rings. The van der Waals surface area contributed by atoms with Crippen molar-refractivity contribution in [2.45, 2.75) is 46.2 Å². The fraction of sp³-hybridized carbons (Fsp3) is 0.750. The van der Waals surface area contributed by atoms with Crippen molar-refractivity contribution in [3.05, 3.63) is 18.0 Å². The normalized spacial score (nSPS) is 17.6. The Hall–Kier alpha value is -0.540.